The Hall–Kier alpha value is -1.38. The summed E-state index contributed by atoms with van der Waals surface area (Å²) in [5.41, 5.74) is 7.15. The van der Waals surface area contributed by atoms with E-state index < -0.39 is 0 Å². The molecule has 0 unspecified atom stereocenters. The van der Waals surface area contributed by atoms with Gasteiger partial charge in [0.2, 0.25) is 0 Å². The smallest absolute Gasteiger partial charge is 0.119 e. The molecule has 0 aliphatic rings. The Bertz CT molecular complexity index is 511. The second-order valence-electron chi connectivity index (χ2n) is 3.59. The van der Waals surface area contributed by atoms with E-state index in [0.717, 1.165) is 11.3 Å². The van der Waals surface area contributed by atoms with E-state index in [1.807, 2.05) is 12.1 Å². The molecule has 0 saturated carbocycles. The summed E-state index contributed by atoms with van der Waals surface area (Å²) < 4.78 is 5.58. The highest BCUT2D eigenvalue weighted by molar-refractivity contribution is 6.33. The lowest BCUT2D eigenvalue weighted by Crippen LogP contribution is -1.96. The van der Waals surface area contributed by atoms with E-state index in [-0.39, 0.29) is 0 Å². The molecule has 88 valence electrons. The van der Waals surface area contributed by atoms with Gasteiger partial charge in [-0.15, -0.1) is 0 Å². The normalized spacial score (nSPS) is 10.2. The van der Waals surface area contributed by atoms with Crippen molar-refractivity contribution in [1.29, 1.82) is 0 Å². The first-order chi connectivity index (χ1) is 8.15. The molecule has 0 aliphatic carbocycles. The zero-order chi connectivity index (χ0) is 12.3. The molecule has 2 nitrogen and oxygen atoms in total. The van der Waals surface area contributed by atoms with Crippen molar-refractivity contribution in [2.75, 3.05) is 5.73 Å². The standard InChI is InChI=1S/C13H11Cl2NO/c14-10-1-6-13(15)9(7-10)8-17-12-4-2-11(16)3-5-12/h1-7H,8,16H2. The summed E-state index contributed by atoms with van der Waals surface area (Å²) in [5.74, 6) is 0.746. The van der Waals surface area contributed by atoms with Gasteiger partial charge < -0.3 is 10.5 Å². The fraction of sp³-hybridized carbons (Fsp3) is 0.0769. The highest BCUT2D eigenvalue weighted by atomic mass is 35.5. The second-order valence-corrected chi connectivity index (χ2v) is 4.44. The van der Waals surface area contributed by atoms with E-state index in [1.165, 1.54) is 0 Å². The number of benzene rings is 2. The molecule has 0 aromatic heterocycles. The Labute approximate surface area is 110 Å². The maximum absolute atomic E-state index is 6.03. The van der Waals surface area contributed by atoms with Gasteiger partial charge in [0.05, 0.1) is 0 Å². The monoisotopic (exact) mass is 267 g/mol. The molecule has 2 aromatic carbocycles. The van der Waals surface area contributed by atoms with E-state index in [2.05, 4.69) is 0 Å². The molecule has 0 fully saturated rings. The van der Waals surface area contributed by atoms with Crippen molar-refractivity contribution in [1.82, 2.24) is 0 Å². The number of halogens is 2. The van der Waals surface area contributed by atoms with Gasteiger partial charge in [-0.1, -0.05) is 23.2 Å². The fourth-order valence-corrected chi connectivity index (χ4v) is 1.75. The summed E-state index contributed by atoms with van der Waals surface area (Å²) in [6, 6.07) is 12.5. The van der Waals surface area contributed by atoms with Crippen LogP contribution in [0.1, 0.15) is 5.56 Å². The van der Waals surface area contributed by atoms with Crippen LogP contribution in [-0.2, 0) is 6.61 Å². The number of anilines is 1. The van der Waals surface area contributed by atoms with Gasteiger partial charge in [-0.05, 0) is 42.5 Å². The van der Waals surface area contributed by atoms with Crippen LogP contribution in [0.5, 0.6) is 5.75 Å². The van der Waals surface area contributed by atoms with Crippen molar-refractivity contribution in [3.63, 3.8) is 0 Å². The predicted octanol–water partition coefficient (Wildman–Crippen LogP) is 4.15. The van der Waals surface area contributed by atoms with Crippen LogP contribution in [0.2, 0.25) is 10.0 Å². The molecule has 2 rings (SSSR count). The third kappa shape index (κ3) is 3.29. The van der Waals surface area contributed by atoms with Crippen LogP contribution in [0.25, 0.3) is 0 Å². The highest BCUT2D eigenvalue weighted by Gasteiger charge is 2.02. The lowest BCUT2D eigenvalue weighted by Gasteiger charge is -2.08. The van der Waals surface area contributed by atoms with E-state index in [9.17, 15) is 0 Å². The molecule has 0 heterocycles. The quantitative estimate of drug-likeness (QED) is 0.848. The van der Waals surface area contributed by atoms with Crippen molar-refractivity contribution in [2.45, 2.75) is 6.61 Å². The molecular formula is C13H11Cl2NO. The minimum absolute atomic E-state index is 0.378. The second kappa shape index (κ2) is 5.30. The number of nitrogens with two attached hydrogens (primary N) is 1. The van der Waals surface area contributed by atoms with Crippen molar-refractivity contribution < 1.29 is 4.74 Å². The van der Waals surface area contributed by atoms with Crippen LogP contribution in [0.15, 0.2) is 42.5 Å². The molecule has 0 saturated heterocycles. The molecule has 4 heteroatoms. The van der Waals surface area contributed by atoms with Gasteiger partial charge in [-0.2, -0.15) is 0 Å². The maximum atomic E-state index is 6.03. The van der Waals surface area contributed by atoms with Gasteiger partial charge in [0, 0.05) is 21.3 Å². The molecule has 0 radical (unpaired) electrons. The summed E-state index contributed by atoms with van der Waals surface area (Å²) in [6.07, 6.45) is 0. The SMILES string of the molecule is Nc1ccc(OCc2cc(Cl)ccc2Cl)cc1. The fourth-order valence-electron chi connectivity index (χ4n) is 1.38. The van der Waals surface area contributed by atoms with Crippen LogP contribution in [0, 0.1) is 0 Å². The molecule has 2 N–H and O–H groups in total. The molecule has 0 spiro atoms. The third-order valence-corrected chi connectivity index (χ3v) is 2.89. The van der Waals surface area contributed by atoms with E-state index >= 15 is 0 Å². The number of ether oxygens (including phenoxy) is 1. The van der Waals surface area contributed by atoms with Gasteiger partial charge >= 0.3 is 0 Å². The van der Waals surface area contributed by atoms with E-state index in [0.29, 0.717) is 22.3 Å². The van der Waals surface area contributed by atoms with Crippen LogP contribution >= 0.6 is 23.2 Å². The minimum atomic E-state index is 0.378. The Morgan fingerprint density at radius 3 is 2.41 bits per heavy atom. The molecule has 2 aromatic rings. The van der Waals surface area contributed by atoms with Crippen LogP contribution in [0.4, 0.5) is 5.69 Å². The van der Waals surface area contributed by atoms with Crippen molar-refractivity contribution in [3.05, 3.63) is 58.1 Å². The minimum Gasteiger partial charge on any atom is -0.489 e. The number of nitrogen functional groups attached to an aromatic ring is 1. The zero-order valence-corrected chi connectivity index (χ0v) is 10.5. The summed E-state index contributed by atoms with van der Waals surface area (Å²) in [4.78, 5) is 0. The molecule has 17 heavy (non-hydrogen) atoms. The number of hydrogen-bond donors (Lipinski definition) is 1. The van der Waals surface area contributed by atoms with Crippen molar-refractivity contribution >= 4 is 28.9 Å². The largest absolute Gasteiger partial charge is 0.489 e. The molecule has 0 amide bonds. The molecule has 0 atom stereocenters. The first-order valence-electron chi connectivity index (χ1n) is 5.07. The molecular weight excluding hydrogens is 257 g/mol. The van der Waals surface area contributed by atoms with Gasteiger partial charge in [-0.25, -0.2) is 0 Å². The van der Waals surface area contributed by atoms with Gasteiger partial charge in [0.1, 0.15) is 12.4 Å². The Morgan fingerprint density at radius 2 is 1.71 bits per heavy atom. The Morgan fingerprint density at radius 1 is 1.00 bits per heavy atom. The Kier molecular flexibility index (Phi) is 3.77. The lowest BCUT2D eigenvalue weighted by molar-refractivity contribution is 0.306. The summed E-state index contributed by atoms with van der Waals surface area (Å²) in [7, 11) is 0. The average molecular weight is 268 g/mol. The first kappa shape index (κ1) is 12.1. The van der Waals surface area contributed by atoms with E-state index in [1.54, 1.807) is 30.3 Å². The lowest BCUT2D eigenvalue weighted by atomic mass is 10.2. The van der Waals surface area contributed by atoms with E-state index in [4.69, 9.17) is 33.7 Å². The number of rotatable bonds is 3. The topological polar surface area (TPSA) is 35.2 Å². The van der Waals surface area contributed by atoms with Crippen molar-refractivity contribution in [3.8, 4) is 5.75 Å². The Balaban J connectivity index is 2.07. The molecule has 0 bridgehead atoms. The van der Waals surface area contributed by atoms with Gasteiger partial charge in [0.15, 0.2) is 0 Å². The van der Waals surface area contributed by atoms with Gasteiger partial charge in [-0.3, -0.25) is 0 Å². The number of hydrogen-bond acceptors (Lipinski definition) is 2. The summed E-state index contributed by atoms with van der Waals surface area (Å²) in [6.45, 7) is 0.378. The summed E-state index contributed by atoms with van der Waals surface area (Å²) in [5, 5.41) is 1.29. The summed E-state index contributed by atoms with van der Waals surface area (Å²) >= 11 is 11.9. The first-order valence-corrected chi connectivity index (χ1v) is 5.83. The molecule has 0 aliphatic heterocycles. The predicted molar refractivity (Wildman–Crippen MR) is 71.6 cm³/mol. The zero-order valence-electron chi connectivity index (χ0n) is 8.99. The third-order valence-electron chi connectivity index (χ3n) is 2.28. The average Bonchev–Trinajstić information content (AvgIpc) is 2.32. The highest BCUT2D eigenvalue weighted by Crippen LogP contribution is 2.22. The van der Waals surface area contributed by atoms with Crippen LogP contribution in [0.3, 0.4) is 0 Å². The maximum Gasteiger partial charge on any atom is 0.119 e. The van der Waals surface area contributed by atoms with Crippen molar-refractivity contribution in [2.24, 2.45) is 0 Å². The van der Waals surface area contributed by atoms with Gasteiger partial charge in [0.25, 0.3) is 0 Å². The van der Waals surface area contributed by atoms with Crippen LogP contribution in [-0.4, -0.2) is 0 Å². The van der Waals surface area contributed by atoms with Crippen LogP contribution < -0.4 is 10.5 Å².